The van der Waals surface area contributed by atoms with Crippen molar-refractivity contribution in [1.82, 2.24) is 15.0 Å². The summed E-state index contributed by atoms with van der Waals surface area (Å²) < 4.78 is 7.76. The molecule has 2 aromatic rings. The first kappa shape index (κ1) is 13.1. The van der Waals surface area contributed by atoms with Crippen LogP contribution in [0, 0.1) is 0 Å². The van der Waals surface area contributed by atoms with Crippen LogP contribution in [0.3, 0.4) is 0 Å². The second-order valence-electron chi connectivity index (χ2n) is 5.21. The molecule has 2 atom stereocenters. The van der Waals surface area contributed by atoms with E-state index in [0.717, 1.165) is 31.0 Å². The van der Waals surface area contributed by atoms with Crippen molar-refractivity contribution in [2.75, 3.05) is 6.61 Å². The first-order chi connectivity index (χ1) is 9.79. The van der Waals surface area contributed by atoms with E-state index in [1.54, 1.807) is 0 Å². The Labute approximate surface area is 118 Å². The number of hydrogen-bond acceptors (Lipinski definition) is 4. The maximum atomic E-state index is 5.80. The molecule has 1 aromatic carbocycles. The third-order valence-corrected chi connectivity index (χ3v) is 4.03. The van der Waals surface area contributed by atoms with Gasteiger partial charge in [0.25, 0.3) is 0 Å². The molecule has 1 aliphatic heterocycles. The van der Waals surface area contributed by atoms with Crippen LogP contribution in [-0.4, -0.2) is 22.2 Å². The summed E-state index contributed by atoms with van der Waals surface area (Å²) in [5.41, 5.74) is 4.20. The number of aromatic nitrogens is 2. The summed E-state index contributed by atoms with van der Waals surface area (Å²) in [7, 11) is 2.01. The number of benzene rings is 1. The van der Waals surface area contributed by atoms with E-state index in [0.29, 0.717) is 5.92 Å². The van der Waals surface area contributed by atoms with Gasteiger partial charge in [0.1, 0.15) is 11.6 Å². The van der Waals surface area contributed by atoms with Crippen LogP contribution in [0.5, 0.6) is 5.75 Å². The molecule has 1 aliphatic rings. The van der Waals surface area contributed by atoms with E-state index < -0.39 is 0 Å². The molecule has 0 fully saturated rings. The topological polar surface area (TPSA) is 65.1 Å². The van der Waals surface area contributed by atoms with Gasteiger partial charge < -0.3 is 9.30 Å². The van der Waals surface area contributed by atoms with Gasteiger partial charge in [-0.3, -0.25) is 11.3 Å². The van der Waals surface area contributed by atoms with E-state index in [1.807, 2.05) is 36.1 Å². The highest BCUT2D eigenvalue weighted by molar-refractivity contribution is 5.38. The number of nitrogens with one attached hydrogen (secondary N) is 1. The highest BCUT2D eigenvalue weighted by Gasteiger charge is 2.29. The smallest absolute Gasteiger partial charge is 0.122 e. The number of hydrazine groups is 1. The van der Waals surface area contributed by atoms with Crippen LogP contribution in [0.2, 0.25) is 0 Å². The predicted molar refractivity (Wildman–Crippen MR) is 77.3 cm³/mol. The number of para-hydroxylation sites is 1. The van der Waals surface area contributed by atoms with Crippen LogP contribution in [0.25, 0.3) is 0 Å². The number of rotatable bonds is 4. The average Bonchev–Trinajstić information content (AvgIpc) is 2.89. The molecule has 0 bridgehead atoms. The van der Waals surface area contributed by atoms with Crippen molar-refractivity contribution in [1.29, 1.82) is 0 Å². The molecule has 0 saturated heterocycles. The zero-order chi connectivity index (χ0) is 13.9. The van der Waals surface area contributed by atoms with Crippen LogP contribution in [-0.2, 0) is 13.5 Å². The first-order valence-corrected chi connectivity index (χ1v) is 6.93. The van der Waals surface area contributed by atoms with Crippen molar-refractivity contribution in [2.45, 2.75) is 24.8 Å². The summed E-state index contributed by atoms with van der Waals surface area (Å²) in [4.78, 5) is 4.39. The second kappa shape index (κ2) is 5.64. The Morgan fingerprint density at radius 3 is 3.10 bits per heavy atom. The fraction of sp³-hybridized carbons (Fsp3) is 0.400. The maximum Gasteiger partial charge on any atom is 0.122 e. The summed E-state index contributed by atoms with van der Waals surface area (Å²) in [6.07, 6.45) is 5.55. The van der Waals surface area contributed by atoms with Crippen molar-refractivity contribution in [3.05, 3.63) is 48.0 Å². The molecule has 2 heterocycles. The predicted octanol–water partition coefficient (Wildman–Crippen LogP) is 1.36. The zero-order valence-corrected chi connectivity index (χ0v) is 11.6. The monoisotopic (exact) mass is 272 g/mol. The number of aryl methyl sites for hydroxylation is 1. The fourth-order valence-corrected chi connectivity index (χ4v) is 2.89. The molecule has 5 nitrogen and oxygen atoms in total. The van der Waals surface area contributed by atoms with Gasteiger partial charge in [-0.2, -0.15) is 0 Å². The SMILES string of the molecule is Cn1ccnc1CC(NN)C1CCOc2ccccc21. The normalized spacial score (nSPS) is 19.2. The van der Waals surface area contributed by atoms with Gasteiger partial charge in [0.2, 0.25) is 0 Å². The molecule has 0 spiro atoms. The van der Waals surface area contributed by atoms with Gasteiger partial charge in [0.05, 0.1) is 6.61 Å². The third kappa shape index (κ3) is 2.42. The van der Waals surface area contributed by atoms with Crippen LogP contribution in [0.1, 0.15) is 23.7 Å². The van der Waals surface area contributed by atoms with E-state index >= 15 is 0 Å². The lowest BCUT2D eigenvalue weighted by Gasteiger charge is -2.31. The molecule has 106 valence electrons. The van der Waals surface area contributed by atoms with Crippen LogP contribution in [0.4, 0.5) is 0 Å². The Kier molecular flexibility index (Phi) is 3.71. The number of fused-ring (bicyclic) bond motifs is 1. The summed E-state index contributed by atoms with van der Waals surface area (Å²) in [6.45, 7) is 0.737. The lowest BCUT2D eigenvalue weighted by molar-refractivity contribution is 0.244. The quantitative estimate of drug-likeness (QED) is 0.651. The van der Waals surface area contributed by atoms with Crippen LogP contribution < -0.4 is 16.0 Å². The maximum absolute atomic E-state index is 5.80. The average molecular weight is 272 g/mol. The number of hydrogen-bond donors (Lipinski definition) is 2. The summed E-state index contributed by atoms with van der Waals surface area (Å²) >= 11 is 0. The minimum absolute atomic E-state index is 0.154. The van der Waals surface area contributed by atoms with Crippen molar-refractivity contribution in [2.24, 2.45) is 12.9 Å². The molecule has 3 N–H and O–H groups in total. The number of imidazole rings is 1. The Morgan fingerprint density at radius 2 is 2.35 bits per heavy atom. The van der Waals surface area contributed by atoms with Gasteiger partial charge in [0, 0.05) is 37.8 Å². The van der Waals surface area contributed by atoms with E-state index in [1.165, 1.54) is 5.56 Å². The Morgan fingerprint density at radius 1 is 1.50 bits per heavy atom. The summed E-state index contributed by atoms with van der Waals surface area (Å²) in [5.74, 6) is 8.16. The van der Waals surface area contributed by atoms with Gasteiger partial charge in [-0.1, -0.05) is 18.2 Å². The summed E-state index contributed by atoms with van der Waals surface area (Å²) in [5, 5.41) is 0. The largest absolute Gasteiger partial charge is 0.493 e. The molecule has 3 rings (SSSR count). The van der Waals surface area contributed by atoms with E-state index in [4.69, 9.17) is 10.6 Å². The molecular formula is C15H20N4O. The van der Waals surface area contributed by atoms with Crippen molar-refractivity contribution in [3.63, 3.8) is 0 Å². The third-order valence-electron chi connectivity index (χ3n) is 4.03. The van der Waals surface area contributed by atoms with Gasteiger partial charge >= 0.3 is 0 Å². The van der Waals surface area contributed by atoms with Crippen LogP contribution >= 0.6 is 0 Å². The zero-order valence-electron chi connectivity index (χ0n) is 11.6. The molecule has 0 radical (unpaired) electrons. The Hall–Kier alpha value is -1.85. The number of nitrogens with zero attached hydrogens (tertiary/aromatic N) is 2. The van der Waals surface area contributed by atoms with E-state index in [2.05, 4.69) is 22.5 Å². The highest BCUT2D eigenvalue weighted by Crippen LogP contribution is 2.36. The lowest BCUT2D eigenvalue weighted by Crippen LogP contribution is -2.43. The van der Waals surface area contributed by atoms with Gasteiger partial charge in [-0.05, 0) is 18.1 Å². The Bertz CT molecular complexity index is 581. The second-order valence-corrected chi connectivity index (χ2v) is 5.21. The first-order valence-electron chi connectivity index (χ1n) is 6.93. The summed E-state index contributed by atoms with van der Waals surface area (Å²) in [6, 6.07) is 8.36. The molecule has 0 saturated carbocycles. The van der Waals surface area contributed by atoms with E-state index in [9.17, 15) is 0 Å². The standard InChI is InChI=1S/C15H20N4O/c1-19-8-7-17-15(19)10-13(18-16)11-6-9-20-14-5-3-2-4-12(11)14/h2-5,7-8,11,13,18H,6,9-10,16H2,1H3. The van der Waals surface area contributed by atoms with Crippen molar-refractivity contribution < 1.29 is 4.74 Å². The van der Waals surface area contributed by atoms with E-state index in [-0.39, 0.29) is 6.04 Å². The molecular weight excluding hydrogens is 252 g/mol. The number of ether oxygens (including phenoxy) is 1. The van der Waals surface area contributed by atoms with Gasteiger partial charge in [0.15, 0.2) is 0 Å². The molecule has 2 unspecified atom stereocenters. The minimum Gasteiger partial charge on any atom is -0.493 e. The lowest BCUT2D eigenvalue weighted by atomic mass is 9.85. The molecule has 0 amide bonds. The highest BCUT2D eigenvalue weighted by atomic mass is 16.5. The van der Waals surface area contributed by atoms with Gasteiger partial charge in [-0.15, -0.1) is 0 Å². The number of nitrogens with two attached hydrogens (primary N) is 1. The van der Waals surface area contributed by atoms with Crippen molar-refractivity contribution >= 4 is 0 Å². The molecule has 0 aliphatic carbocycles. The molecule has 1 aromatic heterocycles. The fourth-order valence-electron chi connectivity index (χ4n) is 2.89. The van der Waals surface area contributed by atoms with Crippen molar-refractivity contribution in [3.8, 4) is 5.75 Å². The minimum atomic E-state index is 0.154. The van der Waals surface area contributed by atoms with Gasteiger partial charge in [-0.25, -0.2) is 4.98 Å². The Balaban J connectivity index is 1.85. The van der Waals surface area contributed by atoms with Crippen LogP contribution in [0.15, 0.2) is 36.7 Å². The molecule has 20 heavy (non-hydrogen) atoms. The molecule has 5 heteroatoms.